The molecule has 2 aromatic rings. The van der Waals surface area contributed by atoms with Gasteiger partial charge in [0.2, 0.25) is 0 Å². The fourth-order valence-electron chi connectivity index (χ4n) is 3.30. The Balaban J connectivity index is 2.02. The zero-order valence-corrected chi connectivity index (χ0v) is 14.7. The van der Waals surface area contributed by atoms with Crippen LogP contribution in [-0.2, 0) is 6.42 Å². The Bertz CT molecular complexity index is 757. The van der Waals surface area contributed by atoms with Crippen molar-refractivity contribution in [2.45, 2.75) is 26.7 Å². The molecule has 3 rings (SSSR count). The number of amides is 1. The van der Waals surface area contributed by atoms with Crippen molar-refractivity contribution in [1.82, 2.24) is 0 Å². The van der Waals surface area contributed by atoms with Gasteiger partial charge in [0.15, 0.2) is 0 Å². The minimum Gasteiger partial charge on any atom is -0.496 e. The van der Waals surface area contributed by atoms with Crippen molar-refractivity contribution in [2.75, 3.05) is 25.7 Å². The van der Waals surface area contributed by atoms with Crippen LogP contribution < -0.4 is 14.4 Å². The lowest BCUT2D eigenvalue weighted by molar-refractivity contribution is 0.0984. The first-order valence-electron chi connectivity index (χ1n) is 8.19. The average molecular weight is 325 g/mol. The van der Waals surface area contributed by atoms with Crippen molar-refractivity contribution < 1.29 is 14.3 Å². The molecule has 4 heteroatoms. The number of aryl methyl sites for hydroxylation is 2. The van der Waals surface area contributed by atoms with E-state index in [1.54, 1.807) is 26.4 Å². The molecule has 0 fully saturated rings. The molecule has 0 radical (unpaired) electrons. The van der Waals surface area contributed by atoms with Crippen LogP contribution in [0.15, 0.2) is 30.3 Å². The first kappa shape index (κ1) is 16.4. The first-order valence-corrected chi connectivity index (χ1v) is 8.19. The molecule has 0 unspecified atom stereocenters. The van der Waals surface area contributed by atoms with Crippen LogP contribution in [0.3, 0.4) is 0 Å². The molecule has 126 valence electrons. The zero-order chi connectivity index (χ0) is 17.3. The predicted octanol–water partition coefficient (Wildman–Crippen LogP) is 3.91. The molecule has 0 aliphatic carbocycles. The smallest absolute Gasteiger partial charge is 0.258 e. The molecule has 1 aliphatic heterocycles. The van der Waals surface area contributed by atoms with Crippen LogP contribution in [-0.4, -0.2) is 26.7 Å². The van der Waals surface area contributed by atoms with Gasteiger partial charge in [-0.1, -0.05) is 17.7 Å². The Kier molecular flexibility index (Phi) is 4.47. The summed E-state index contributed by atoms with van der Waals surface area (Å²) in [5.74, 6) is 1.31. The molecular formula is C20H23NO3. The Morgan fingerprint density at radius 3 is 2.33 bits per heavy atom. The zero-order valence-electron chi connectivity index (χ0n) is 14.7. The molecular weight excluding hydrogens is 302 g/mol. The number of fused-ring (bicyclic) bond motifs is 1. The lowest BCUT2D eigenvalue weighted by atomic mass is 9.98. The Morgan fingerprint density at radius 1 is 1.04 bits per heavy atom. The van der Waals surface area contributed by atoms with Crippen LogP contribution in [0.4, 0.5) is 5.69 Å². The normalized spacial score (nSPS) is 13.4. The van der Waals surface area contributed by atoms with Gasteiger partial charge in [0, 0.05) is 23.4 Å². The number of ether oxygens (including phenoxy) is 2. The standard InChI is InChI=1S/C20H23NO3/c1-13-7-8-17-15(10-13)6-5-9-21(17)20(22)16-11-18(23-3)14(2)19(12-16)24-4/h7-8,10-12H,5-6,9H2,1-4H3. The second-order valence-corrected chi connectivity index (χ2v) is 6.20. The lowest BCUT2D eigenvalue weighted by Crippen LogP contribution is -2.35. The predicted molar refractivity (Wildman–Crippen MR) is 95.5 cm³/mol. The molecule has 1 heterocycles. The van der Waals surface area contributed by atoms with Crippen molar-refractivity contribution >= 4 is 11.6 Å². The molecule has 0 aromatic heterocycles. The summed E-state index contributed by atoms with van der Waals surface area (Å²) < 4.78 is 10.8. The number of methoxy groups -OCH3 is 2. The molecule has 24 heavy (non-hydrogen) atoms. The monoisotopic (exact) mass is 325 g/mol. The number of benzene rings is 2. The summed E-state index contributed by atoms with van der Waals surface area (Å²) in [4.78, 5) is 15.0. The van der Waals surface area contributed by atoms with Gasteiger partial charge in [-0.15, -0.1) is 0 Å². The van der Waals surface area contributed by atoms with Crippen molar-refractivity contribution in [3.05, 3.63) is 52.6 Å². The van der Waals surface area contributed by atoms with Crippen LogP contribution in [0.25, 0.3) is 0 Å². The fourth-order valence-corrected chi connectivity index (χ4v) is 3.30. The molecule has 0 saturated carbocycles. The van der Waals surface area contributed by atoms with Gasteiger partial charge in [0.25, 0.3) is 5.91 Å². The molecule has 0 saturated heterocycles. The summed E-state index contributed by atoms with van der Waals surface area (Å²) in [6, 6.07) is 9.86. The lowest BCUT2D eigenvalue weighted by Gasteiger charge is -2.30. The average Bonchev–Trinajstić information content (AvgIpc) is 2.60. The molecule has 1 amide bonds. The maximum atomic E-state index is 13.1. The van der Waals surface area contributed by atoms with Crippen LogP contribution in [0.1, 0.15) is 33.5 Å². The van der Waals surface area contributed by atoms with E-state index in [0.717, 1.165) is 30.6 Å². The highest BCUT2D eigenvalue weighted by atomic mass is 16.5. The number of nitrogens with zero attached hydrogens (tertiary/aromatic N) is 1. The van der Waals surface area contributed by atoms with E-state index in [4.69, 9.17) is 9.47 Å². The van der Waals surface area contributed by atoms with Gasteiger partial charge in [-0.05, 0) is 50.5 Å². The molecule has 0 bridgehead atoms. The number of carbonyl (C=O) groups excluding carboxylic acids is 1. The van der Waals surface area contributed by atoms with Gasteiger partial charge in [-0.3, -0.25) is 4.79 Å². The van der Waals surface area contributed by atoms with Gasteiger partial charge >= 0.3 is 0 Å². The minimum atomic E-state index is -0.0172. The van der Waals surface area contributed by atoms with E-state index >= 15 is 0 Å². The number of anilines is 1. The van der Waals surface area contributed by atoms with Gasteiger partial charge in [-0.25, -0.2) is 0 Å². The highest BCUT2D eigenvalue weighted by molar-refractivity contribution is 6.07. The molecule has 2 aromatic carbocycles. The van der Waals surface area contributed by atoms with Crippen LogP contribution in [0.5, 0.6) is 11.5 Å². The summed E-state index contributed by atoms with van der Waals surface area (Å²) >= 11 is 0. The van der Waals surface area contributed by atoms with Gasteiger partial charge in [0.05, 0.1) is 14.2 Å². The van der Waals surface area contributed by atoms with Crippen molar-refractivity contribution in [1.29, 1.82) is 0 Å². The molecule has 1 aliphatic rings. The SMILES string of the molecule is COc1cc(C(=O)N2CCCc3cc(C)ccc32)cc(OC)c1C. The number of rotatable bonds is 3. The highest BCUT2D eigenvalue weighted by Gasteiger charge is 2.25. The van der Waals surface area contributed by atoms with E-state index in [0.29, 0.717) is 17.1 Å². The minimum absolute atomic E-state index is 0.0172. The van der Waals surface area contributed by atoms with E-state index in [2.05, 4.69) is 19.1 Å². The quantitative estimate of drug-likeness (QED) is 0.859. The van der Waals surface area contributed by atoms with E-state index in [1.165, 1.54) is 11.1 Å². The van der Waals surface area contributed by atoms with E-state index in [1.807, 2.05) is 17.9 Å². The van der Waals surface area contributed by atoms with Crippen molar-refractivity contribution in [2.24, 2.45) is 0 Å². The summed E-state index contributed by atoms with van der Waals surface area (Å²) in [5, 5.41) is 0. The topological polar surface area (TPSA) is 38.8 Å². The van der Waals surface area contributed by atoms with Crippen LogP contribution >= 0.6 is 0 Å². The molecule has 0 atom stereocenters. The largest absolute Gasteiger partial charge is 0.496 e. The second-order valence-electron chi connectivity index (χ2n) is 6.20. The third-order valence-electron chi connectivity index (χ3n) is 4.60. The third-order valence-corrected chi connectivity index (χ3v) is 4.60. The number of hydrogen-bond donors (Lipinski definition) is 0. The van der Waals surface area contributed by atoms with Crippen LogP contribution in [0.2, 0.25) is 0 Å². The van der Waals surface area contributed by atoms with E-state index in [9.17, 15) is 4.79 Å². The Labute approximate surface area is 143 Å². The van der Waals surface area contributed by atoms with E-state index in [-0.39, 0.29) is 5.91 Å². The highest BCUT2D eigenvalue weighted by Crippen LogP contribution is 2.33. The van der Waals surface area contributed by atoms with Gasteiger partial charge in [0.1, 0.15) is 11.5 Å². The fraction of sp³-hybridized carbons (Fsp3) is 0.350. The van der Waals surface area contributed by atoms with Gasteiger partial charge < -0.3 is 14.4 Å². The summed E-state index contributed by atoms with van der Waals surface area (Å²) in [7, 11) is 3.21. The van der Waals surface area contributed by atoms with Crippen molar-refractivity contribution in [3.63, 3.8) is 0 Å². The number of hydrogen-bond acceptors (Lipinski definition) is 3. The van der Waals surface area contributed by atoms with E-state index < -0.39 is 0 Å². The number of carbonyl (C=O) groups is 1. The molecule has 0 N–H and O–H groups in total. The third kappa shape index (κ3) is 2.84. The van der Waals surface area contributed by atoms with Crippen LogP contribution in [0, 0.1) is 13.8 Å². The van der Waals surface area contributed by atoms with Crippen molar-refractivity contribution in [3.8, 4) is 11.5 Å². The summed E-state index contributed by atoms with van der Waals surface area (Å²) in [6.45, 7) is 4.73. The first-order chi connectivity index (χ1) is 11.5. The molecule has 0 spiro atoms. The summed E-state index contributed by atoms with van der Waals surface area (Å²) in [6.07, 6.45) is 1.99. The Morgan fingerprint density at radius 2 is 1.71 bits per heavy atom. The second kappa shape index (κ2) is 6.56. The Hall–Kier alpha value is -2.49. The maximum Gasteiger partial charge on any atom is 0.258 e. The maximum absolute atomic E-state index is 13.1. The summed E-state index contributed by atoms with van der Waals surface area (Å²) in [5.41, 5.74) is 4.95. The van der Waals surface area contributed by atoms with Gasteiger partial charge in [-0.2, -0.15) is 0 Å². The molecule has 4 nitrogen and oxygen atoms in total.